The van der Waals surface area contributed by atoms with Crippen molar-refractivity contribution in [2.24, 2.45) is 5.41 Å². The maximum Gasteiger partial charge on any atom is 0.311 e. The molecule has 0 saturated heterocycles. The van der Waals surface area contributed by atoms with Crippen molar-refractivity contribution < 1.29 is 14.6 Å². The molecule has 0 bridgehead atoms. The van der Waals surface area contributed by atoms with Gasteiger partial charge in [-0.2, -0.15) is 0 Å². The first kappa shape index (κ1) is 14.4. The molecule has 1 unspecified atom stereocenters. The van der Waals surface area contributed by atoms with E-state index in [2.05, 4.69) is 0 Å². The van der Waals surface area contributed by atoms with Crippen molar-refractivity contribution in [3.05, 3.63) is 0 Å². The molecule has 0 aromatic carbocycles. The topological polar surface area (TPSA) is 46.5 Å². The van der Waals surface area contributed by atoms with Crippen molar-refractivity contribution in [2.75, 3.05) is 0 Å². The number of rotatable bonds is 5. The minimum atomic E-state index is -0.978. The Labute approximate surface area is 92.8 Å². The third-order valence-electron chi connectivity index (χ3n) is 2.84. The van der Waals surface area contributed by atoms with Gasteiger partial charge in [-0.05, 0) is 40.5 Å². The Morgan fingerprint density at radius 3 is 2.00 bits per heavy atom. The van der Waals surface area contributed by atoms with Crippen LogP contribution >= 0.6 is 0 Å². The summed E-state index contributed by atoms with van der Waals surface area (Å²) in [5.41, 5.74) is -1.45. The van der Waals surface area contributed by atoms with Crippen molar-refractivity contribution in [1.82, 2.24) is 0 Å². The molecule has 1 N–H and O–H groups in total. The molecule has 0 radical (unpaired) electrons. The highest BCUT2D eigenvalue weighted by Crippen LogP contribution is 2.25. The Morgan fingerprint density at radius 1 is 1.27 bits per heavy atom. The predicted octanol–water partition coefficient (Wildman–Crippen LogP) is 2.52. The summed E-state index contributed by atoms with van der Waals surface area (Å²) in [6, 6.07) is 0. The number of carbonyl (C=O) groups excluding carboxylic acids is 1. The maximum atomic E-state index is 11.8. The largest absolute Gasteiger partial charge is 0.459 e. The zero-order valence-corrected chi connectivity index (χ0v) is 10.8. The van der Waals surface area contributed by atoms with E-state index in [9.17, 15) is 9.90 Å². The average Bonchev–Trinajstić information content (AvgIpc) is 2.11. The van der Waals surface area contributed by atoms with E-state index in [1.807, 2.05) is 27.7 Å². The molecule has 0 spiro atoms. The molecule has 15 heavy (non-hydrogen) atoms. The second-order valence-electron chi connectivity index (χ2n) is 5.19. The summed E-state index contributed by atoms with van der Waals surface area (Å²) in [6.07, 6.45) is 0.916. The summed E-state index contributed by atoms with van der Waals surface area (Å²) in [4.78, 5) is 11.8. The van der Waals surface area contributed by atoms with Gasteiger partial charge in [-0.25, -0.2) is 0 Å². The Balaban J connectivity index is 4.52. The van der Waals surface area contributed by atoms with Crippen LogP contribution in [0.2, 0.25) is 0 Å². The summed E-state index contributed by atoms with van der Waals surface area (Å²) in [6.45, 7) is 10.9. The first-order valence-corrected chi connectivity index (χ1v) is 5.58. The monoisotopic (exact) mass is 216 g/mol. The second-order valence-corrected chi connectivity index (χ2v) is 5.19. The Kier molecular flexibility index (Phi) is 4.78. The van der Waals surface area contributed by atoms with E-state index in [1.54, 1.807) is 13.8 Å². The molecule has 0 fully saturated rings. The lowest BCUT2D eigenvalue weighted by Gasteiger charge is -2.31. The number of carbonyl (C=O) groups is 1. The Hall–Kier alpha value is -0.570. The zero-order valence-electron chi connectivity index (χ0n) is 10.8. The number of ether oxygens (including phenoxy) is 1. The van der Waals surface area contributed by atoms with Gasteiger partial charge < -0.3 is 9.84 Å². The standard InChI is InChI=1S/C12H24O3/c1-7-9(12(5,6)14)15-10(13)11(3,4)8-2/h9,14H,7-8H2,1-6H3. The van der Waals surface area contributed by atoms with Crippen LogP contribution in [0.5, 0.6) is 0 Å². The van der Waals surface area contributed by atoms with Crippen LogP contribution in [0.4, 0.5) is 0 Å². The minimum Gasteiger partial charge on any atom is -0.459 e. The SMILES string of the molecule is CCC(OC(=O)C(C)(C)CC)C(C)(C)O. The molecular formula is C12H24O3. The van der Waals surface area contributed by atoms with Crippen LogP contribution < -0.4 is 0 Å². The summed E-state index contributed by atoms with van der Waals surface area (Å²) in [7, 11) is 0. The lowest BCUT2D eigenvalue weighted by molar-refractivity contribution is -0.172. The van der Waals surface area contributed by atoms with Crippen LogP contribution in [0, 0.1) is 5.41 Å². The molecule has 3 nitrogen and oxygen atoms in total. The fourth-order valence-electron chi connectivity index (χ4n) is 1.16. The first-order chi connectivity index (χ1) is 6.65. The summed E-state index contributed by atoms with van der Waals surface area (Å²) in [5.74, 6) is -0.237. The number of esters is 1. The lowest BCUT2D eigenvalue weighted by Crippen LogP contribution is -2.42. The average molecular weight is 216 g/mol. The maximum absolute atomic E-state index is 11.8. The third kappa shape index (κ3) is 4.20. The smallest absolute Gasteiger partial charge is 0.311 e. The van der Waals surface area contributed by atoms with Crippen LogP contribution in [0.3, 0.4) is 0 Å². The van der Waals surface area contributed by atoms with E-state index in [1.165, 1.54) is 0 Å². The van der Waals surface area contributed by atoms with Crippen LogP contribution in [-0.2, 0) is 9.53 Å². The van der Waals surface area contributed by atoms with Gasteiger partial charge in [-0.15, -0.1) is 0 Å². The molecule has 90 valence electrons. The molecule has 0 amide bonds. The van der Waals surface area contributed by atoms with Crippen LogP contribution in [0.1, 0.15) is 54.4 Å². The van der Waals surface area contributed by atoms with Crippen molar-refractivity contribution in [3.8, 4) is 0 Å². The first-order valence-electron chi connectivity index (χ1n) is 5.58. The summed E-state index contributed by atoms with van der Waals surface area (Å²) in [5, 5.41) is 9.79. The van der Waals surface area contributed by atoms with Gasteiger partial charge in [0, 0.05) is 0 Å². The van der Waals surface area contributed by atoms with Gasteiger partial charge in [0.25, 0.3) is 0 Å². The number of aliphatic hydroxyl groups is 1. The minimum absolute atomic E-state index is 0.237. The van der Waals surface area contributed by atoms with Gasteiger partial charge in [-0.1, -0.05) is 13.8 Å². The van der Waals surface area contributed by atoms with E-state index < -0.39 is 17.1 Å². The van der Waals surface area contributed by atoms with Gasteiger partial charge in [0.05, 0.1) is 11.0 Å². The van der Waals surface area contributed by atoms with Crippen molar-refractivity contribution in [1.29, 1.82) is 0 Å². The van der Waals surface area contributed by atoms with Gasteiger partial charge in [0.15, 0.2) is 0 Å². The zero-order chi connectivity index (χ0) is 12.3. The highest BCUT2D eigenvalue weighted by molar-refractivity contribution is 5.76. The highest BCUT2D eigenvalue weighted by Gasteiger charge is 2.34. The molecule has 0 aromatic rings. The molecule has 0 aliphatic heterocycles. The molecule has 3 heteroatoms. The molecular weight excluding hydrogens is 192 g/mol. The van der Waals surface area contributed by atoms with Gasteiger partial charge in [0.1, 0.15) is 6.10 Å². The van der Waals surface area contributed by atoms with Gasteiger partial charge in [0.2, 0.25) is 0 Å². The molecule has 0 heterocycles. The molecule has 0 saturated carbocycles. The fourth-order valence-corrected chi connectivity index (χ4v) is 1.16. The van der Waals surface area contributed by atoms with E-state index in [0.29, 0.717) is 6.42 Å². The molecule has 1 atom stereocenters. The van der Waals surface area contributed by atoms with E-state index >= 15 is 0 Å². The van der Waals surface area contributed by atoms with Crippen molar-refractivity contribution >= 4 is 5.97 Å². The quantitative estimate of drug-likeness (QED) is 0.718. The van der Waals surface area contributed by atoms with Crippen LogP contribution in [0.25, 0.3) is 0 Å². The van der Waals surface area contributed by atoms with Crippen LogP contribution in [-0.4, -0.2) is 22.8 Å². The molecule has 0 rings (SSSR count). The van der Waals surface area contributed by atoms with E-state index in [0.717, 1.165) is 6.42 Å². The molecule has 0 aromatic heterocycles. The Bertz CT molecular complexity index is 213. The van der Waals surface area contributed by atoms with Crippen molar-refractivity contribution in [3.63, 3.8) is 0 Å². The van der Waals surface area contributed by atoms with Gasteiger partial charge in [-0.3, -0.25) is 4.79 Å². The third-order valence-corrected chi connectivity index (χ3v) is 2.84. The van der Waals surface area contributed by atoms with Crippen LogP contribution in [0.15, 0.2) is 0 Å². The molecule has 0 aliphatic carbocycles. The van der Waals surface area contributed by atoms with E-state index in [4.69, 9.17) is 4.74 Å². The Morgan fingerprint density at radius 2 is 1.73 bits per heavy atom. The fraction of sp³-hybridized carbons (Fsp3) is 0.917. The second kappa shape index (κ2) is 4.97. The van der Waals surface area contributed by atoms with E-state index in [-0.39, 0.29) is 5.97 Å². The summed E-state index contributed by atoms with van der Waals surface area (Å²) < 4.78 is 5.33. The van der Waals surface area contributed by atoms with Crippen molar-refractivity contribution in [2.45, 2.75) is 66.1 Å². The lowest BCUT2D eigenvalue weighted by atomic mass is 9.90. The highest BCUT2D eigenvalue weighted by atomic mass is 16.6. The number of hydrogen-bond donors (Lipinski definition) is 1. The van der Waals surface area contributed by atoms with Gasteiger partial charge >= 0.3 is 5.97 Å². The normalized spacial score (nSPS) is 14.9. The molecule has 0 aliphatic rings. The number of hydrogen-bond acceptors (Lipinski definition) is 3. The predicted molar refractivity (Wildman–Crippen MR) is 60.5 cm³/mol. The summed E-state index contributed by atoms with van der Waals surface area (Å²) >= 11 is 0.